The van der Waals surface area contributed by atoms with E-state index in [1.807, 2.05) is 38.1 Å². The maximum absolute atomic E-state index is 12.0. The van der Waals surface area contributed by atoms with Gasteiger partial charge in [-0.05, 0) is 43.7 Å². The molecule has 0 spiro atoms. The lowest BCUT2D eigenvalue weighted by Crippen LogP contribution is -2.36. The largest absolute Gasteiger partial charge is 0.489 e. The molecule has 2 amide bonds. The van der Waals surface area contributed by atoms with Crippen molar-refractivity contribution in [3.8, 4) is 5.75 Å². The molecule has 0 saturated heterocycles. The van der Waals surface area contributed by atoms with Gasteiger partial charge in [-0.2, -0.15) is 0 Å². The van der Waals surface area contributed by atoms with Crippen molar-refractivity contribution in [1.82, 2.24) is 5.32 Å². The molecule has 0 bridgehead atoms. The van der Waals surface area contributed by atoms with Crippen LogP contribution in [0.1, 0.15) is 12.5 Å². The number of anilines is 1. The molecule has 0 aliphatic heterocycles. The summed E-state index contributed by atoms with van der Waals surface area (Å²) in [6.45, 7) is 4.25. The van der Waals surface area contributed by atoms with Gasteiger partial charge in [-0.25, -0.2) is 4.79 Å². The van der Waals surface area contributed by atoms with Crippen LogP contribution >= 0.6 is 0 Å². The number of para-hydroxylation sites is 1. The molecule has 24 heavy (non-hydrogen) atoms. The summed E-state index contributed by atoms with van der Waals surface area (Å²) >= 11 is 0. The fraction of sp³-hybridized carbons (Fsp3) is 0.278. The molecule has 0 heterocycles. The van der Waals surface area contributed by atoms with E-state index < -0.39 is 10.8 Å². The van der Waals surface area contributed by atoms with E-state index in [4.69, 9.17) is 4.74 Å². The summed E-state index contributed by atoms with van der Waals surface area (Å²) in [5.74, 6) is 0.810. The molecule has 2 atom stereocenters. The zero-order valence-electron chi connectivity index (χ0n) is 14.0. The van der Waals surface area contributed by atoms with Gasteiger partial charge in [-0.3, -0.25) is 4.21 Å². The molecule has 128 valence electrons. The smallest absolute Gasteiger partial charge is 0.319 e. The van der Waals surface area contributed by atoms with Crippen LogP contribution in [-0.4, -0.2) is 29.1 Å². The lowest BCUT2D eigenvalue weighted by Gasteiger charge is -2.17. The molecule has 2 unspecified atom stereocenters. The average Bonchev–Trinajstić information content (AvgIpc) is 2.55. The van der Waals surface area contributed by atoms with Crippen LogP contribution in [0.4, 0.5) is 10.5 Å². The molecular weight excluding hydrogens is 324 g/mol. The summed E-state index contributed by atoms with van der Waals surface area (Å²) in [6, 6.07) is 14.4. The first-order valence-electron chi connectivity index (χ1n) is 7.66. The summed E-state index contributed by atoms with van der Waals surface area (Å²) in [5.41, 5.74) is 1.66. The topological polar surface area (TPSA) is 67.4 Å². The molecule has 0 saturated carbocycles. The van der Waals surface area contributed by atoms with Crippen LogP contribution in [0.5, 0.6) is 5.75 Å². The molecule has 0 radical (unpaired) electrons. The van der Waals surface area contributed by atoms with E-state index in [2.05, 4.69) is 10.6 Å². The van der Waals surface area contributed by atoms with E-state index in [1.165, 1.54) is 0 Å². The second-order valence-corrected chi connectivity index (χ2v) is 6.89. The van der Waals surface area contributed by atoms with Crippen LogP contribution in [0.15, 0.2) is 53.4 Å². The van der Waals surface area contributed by atoms with Crippen molar-refractivity contribution in [1.29, 1.82) is 0 Å². The van der Waals surface area contributed by atoms with Crippen molar-refractivity contribution < 1.29 is 13.7 Å². The Hall–Kier alpha value is -2.34. The first kappa shape index (κ1) is 18.0. The molecule has 2 aromatic rings. The van der Waals surface area contributed by atoms with Gasteiger partial charge in [-0.15, -0.1) is 0 Å². The van der Waals surface area contributed by atoms with E-state index in [0.717, 1.165) is 11.3 Å². The van der Waals surface area contributed by atoms with Crippen LogP contribution in [0.3, 0.4) is 0 Å². The number of hydrogen-bond acceptors (Lipinski definition) is 3. The van der Waals surface area contributed by atoms with Gasteiger partial charge in [-0.1, -0.05) is 24.3 Å². The Morgan fingerprint density at radius 3 is 2.67 bits per heavy atom. The Bertz CT molecular complexity index is 734. The number of nitrogens with one attached hydrogen (secondary N) is 2. The monoisotopic (exact) mass is 346 g/mol. The van der Waals surface area contributed by atoms with Gasteiger partial charge in [0.2, 0.25) is 0 Å². The lowest BCUT2D eigenvalue weighted by molar-refractivity contribution is 0.211. The third kappa shape index (κ3) is 5.38. The van der Waals surface area contributed by atoms with Crippen molar-refractivity contribution in [2.24, 2.45) is 0 Å². The summed E-state index contributed by atoms with van der Waals surface area (Å²) in [5, 5.41) is 5.50. The van der Waals surface area contributed by atoms with E-state index in [9.17, 15) is 9.00 Å². The van der Waals surface area contributed by atoms with Gasteiger partial charge < -0.3 is 15.4 Å². The van der Waals surface area contributed by atoms with E-state index in [1.54, 1.807) is 30.5 Å². The van der Waals surface area contributed by atoms with Crippen molar-refractivity contribution >= 4 is 22.5 Å². The predicted molar refractivity (Wildman–Crippen MR) is 97.1 cm³/mol. The summed E-state index contributed by atoms with van der Waals surface area (Å²) < 4.78 is 17.3. The fourth-order valence-electron chi connectivity index (χ4n) is 2.11. The van der Waals surface area contributed by atoms with Crippen molar-refractivity contribution in [3.63, 3.8) is 0 Å². The van der Waals surface area contributed by atoms with Gasteiger partial charge in [0, 0.05) is 27.6 Å². The number of carbonyl (C=O) groups excluding carboxylic acids is 1. The Morgan fingerprint density at radius 1 is 1.21 bits per heavy atom. The van der Waals surface area contributed by atoms with Crippen LogP contribution in [0.2, 0.25) is 0 Å². The number of carbonyl (C=O) groups is 1. The highest BCUT2D eigenvalue weighted by molar-refractivity contribution is 7.84. The number of rotatable bonds is 6. The molecule has 6 heteroatoms. The Balaban J connectivity index is 1.83. The second-order valence-electron chi connectivity index (χ2n) is 5.51. The Labute approximate surface area is 144 Å². The average molecular weight is 346 g/mol. The number of aryl methyl sites for hydroxylation is 1. The highest BCUT2D eigenvalue weighted by atomic mass is 32.2. The zero-order chi connectivity index (χ0) is 17.5. The number of benzene rings is 2. The minimum absolute atomic E-state index is 0.161. The minimum atomic E-state index is -1.08. The van der Waals surface area contributed by atoms with Gasteiger partial charge in [0.25, 0.3) is 0 Å². The number of ether oxygens (including phenoxy) is 1. The SMILES string of the molecule is Cc1ccccc1OC(C)CNC(=O)Nc1cccc(S(C)=O)c1. The number of hydrogen-bond donors (Lipinski definition) is 2. The molecule has 2 rings (SSSR count). The first-order chi connectivity index (χ1) is 11.5. The molecule has 0 aromatic heterocycles. The van der Waals surface area contributed by atoms with E-state index in [0.29, 0.717) is 17.1 Å². The highest BCUT2D eigenvalue weighted by Crippen LogP contribution is 2.17. The summed E-state index contributed by atoms with van der Waals surface area (Å²) in [4.78, 5) is 12.6. The molecule has 0 fully saturated rings. The Morgan fingerprint density at radius 2 is 1.96 bits per heavy atom. The molecule has 0 aliphatic rings. The lowest BCUT2D eigenvalue weighted by atomic mass is 10.2. The molecule has 2 aromatic carbocycles. The number of urea groups is 1. The Kier molecular flexibility index (Phi) is 6.37. The van der Waals surface area contributed by atoms with Crippen molar-refractivity contribution in [2.45, 2.75) is 24.8 Å². The van der Waals surface area contributed by atoms with Gasteiger partial charge in [0.05, 0.1) is 6.54 Å². The summed E-state index contributed by atoms with van der Waals surface area (Å²) in [6.07, 6.45) is 1.44. The maximum atomic E-state index is 12.0. The highest BCUT2D eigenvalue weighted by Gasteiger charge is 2.09. The first-order valence-corrected chi connectivity index (χ1v) is 9.22. The number of amides is 2. The van der Waals surface area contributed by atoms with E-state index in [-0.39, 0.29) is 12.1 Å². The zero-order valence-corrected chi connectivity index (χ0v) is 14.9. The third-order valence-corrected chi connectivity index (χ3v) is 4.31. The fourth-order valence-corrected chi connectivity index (χ4v) is 2.67. The van der Waals surface area contributed by atoms with Crippen LogP contribution < -0.4 is 15.4 Å². The maximum Gasteiger partial charge on any atom is 0.319 e. The van der Waals surface area contributed by atoms with Crippen LogP contribution in [0, 0.1) is 6.92 Å². The normalized spacial score (nSPS) is 13.0. The van der Waals surface area contributed by atoms with Gasteiger partial charge in [0.1, 0.15) is 11.9 Å². The molecule has 2 N–H and O–H groups in total. The minimum Gasteiger partial charge on any atom is -0.489 e. The molecule has 0 aliphatic carbocycles. The molecular formula is C18H22N2O3S. The van der Waals surface area contributed by atoms with Gasteiger partial charge >= 0.3 is 6.03 Å². The van der Waals surface area contributed by atoms with E-state index >= 15 is 0 Å². The summed E-state index contributed by atoms with van der Waals surface area (Å²) in [7, 11) is -1.08. The second kappa shape index (κ2) is 8.49. The van der Waals surface area contributed by atoms with Crippen molar-refractivity contribution in [3.05, 3.63) is 54.1 Å². The van der Waals surface area contributed by atoms with Crippen LogP contribution in [-0.2, 0) is 10.8 Å². The predicted octanol–water partition coefficient (Wildman–Crippen LogP) is 3.32. The van der Waals surface area contributed by atoms with Crippen molar-refractivity contribution in [2.75, 3.05) is 18.1 Å². The van der Waals surface area contributed by atoms with Gasteiger partial charge in [0.15, 0.2) is 0 Å². The third-order valence-electron chi connectivity index (χ3n) is 3.40. The quantitative estimate of drug-likeness (QED) is 0.843. The molecule has 5 nitrogen and oxygen atoms in total. The van der Waals surface area contributed by atoms with Crippen LogP contribution in [0.25, 0.3) is 0 Å². The standard InChI is InChI=1S/C18H22N2O3S/c1-13-7-4-5-10-17(13)23-14(2)12-19-18(21)20-15-8-6-9-16(11-15)24(3)22/h4-11,14H,12H2,1-3H3,(H2,19,20,21).